The maximum atomic E-state index is 15.4. The lowest BCUT2D eigenvalue weighted by molar-refractivity contribution is -0.235. The number of aliphatic hydroxyl groups excluding tert-OH is 1. The number of aliphatic hydroxyl groups is 1. The van der Waals surface area contributed by atoms with E-state index in [1.54, 1.807) is 0 Å². The molecule has 4 aliphatic rings. The van der Waals surface area contributed by atoms with Gasteiger partial charge in [0.15, 0.2) is 0 Å². The summed E-state index contributed by atoms with van der Waals surface area (Å²) in [6.45, 7) is 6.58. The molecule has 0 amide bonds. The summed E-state index contributed by atoms with van der Waals surface area (Å²) in [6.07, 6.45) is 6.08. The largest absolute Gasteiger partial charge is 0.481 e. The monoisotopic (exact) mass is 412 g/mol. The van der Waals surface area contributed by atoms with Gasteiger partial charge in [-0.05, 0) is 91.8 Å². The average Bonchev–Trinajstić information content (AvgIpc) is 2.98. The Hall–Kier alpha value is -0.710. The molecule has 4 saturated carbocycles. The van der Waals surface area contributed by atoms with Crippen molar-refractivity contribution in [3.63, 3.8) is 0 Å². The van der Waals surface area contributed by atoms with E-state index in [9.17, 15) is 9.90 Å². The van der Waals surface area contributed by atoms with Crippen molar-refractivity contribution in [3.05, 3.63) is 0 Å². The Morgan fingerprint density at radius 2 is 1.72 bits per heavy atom. The van der Waals surface area contributed by atoms with Gasteiger partial charge in [-0.1, -0.05) is 20.8 Å². The van der Waals surface area contributed by atoms with Crippen LogP contribution in [0.1, 0.15) is 85.0 Å². The number of halogens is 2. The van der Waals surface area contributed by atoms with Crippen LogP contribution in [0.2, 0.25) is 0 Å². The summed E-state index contributed by atoms with van der Waals surface area (Å²) >= 11 is 0. The molecule has 0 aliphatic heterocycles. The Labute approximate surface area is 173 Å². The fraction of sp³-hybridized carbons (Fsp3) is 0.958. The van der Waals surface area contributed by atoms with E-state index >= 15 is 8.78 Å². The molecular weight excluding hydrogens is 374 g/mol. The summed E-state index contributed by atoms with van der Waals surface area (Å²) < 4.78 is 30.8. The molecule has 1 unspecified atom stereocenters. The molecule has 3 nitrogen and oxygen atoms in total. The summed E-state index contributed by atoms with van der Waals surface area (Å²) in [5, 5.41) is 19.2. The van der Waals surface area contributed by atoms with E-state index in [0.29, 0.717) is 36.5 Å². The summed E-state index contributed by atoms with van der Waals surface area (Å²) in [7, 11) is 0. The second kappa shape index (κ2) is 7.17. The standard InChI is InChI=1S/C24H38F2O3/c1-14(4-7-21(28)29)17-5-6-18-16-13-24(25,26)20-12-15(27)8-10-23(20,3)19(16)9-11-22(17,18)2/h14-20,27H,4-13H2,1-3H3,(H,28,29)/t14-,15-,16+,17?,18+,19+,20-,22-,23-/m1/s1. The van der Waals surface area contributed by atoms with Gasteiger partial charge in [0.05, 0.1) is 6.10 Å². The molecule has 5 heteroatoms. The van der Waals surface area contributed by atoms with Crippen LogP contribution in [0.25, 0.3) is 0 Å². The van der Waals surface area contributed by atoms with Gasteiger partial charge >= 0.3 is 5.97 Å². The first-order chi connectivity index (χ1) is 13.5. The van der Waals surface area contributed by atoms with Crippen LogP contribution in [-0.4, -0.2) is 28.2 Å². The zero-order chi connectivity index (χ0) is 21.2. The third-order valence-electron chi connectivity index (χ3n) is 10.2. The minimum absolute atomic E-state index is 0.0128. The van der Waals surface area contributed by atoms with Crippen molar-refractivity contribution in [2.24, 2.45) is 46.3 Å². The van der Waals surface area contributed by atoms with Crippen molar-refractivity contribution >= 4 is 5.97 Å². The highest BCUT2D eigenvalue weighted by Gasteiger charge is 2.67. The van der Waals surface area contributed by atoms with E-state index < -0.39 is 23.9 Å². The number of carboxylic acids is 1. The quantitative estimate of drug-likeness (QED) is 0.618. The van der Waals surface area contributed by atoms with Gasteiger partial charge in [-0.25, -0.2) is 8.78 Å². The van der Waals surface area contributed by atoms with Gasteiger partial charge in [0.2, 0.25) is 0 Å². The molecule has 0 aromatic rings. The molecule has 0 saturated heterocycles. The van der Waals surface area contributed by atoms with Crippen molar-refractivity contribution in [1.82, 2.24) is 0 Å². The smallest absolute Gasteiger partial charge is 0.303 e. The number of hydrogen-bond acceptors (Lipinski definition) is 2. The van der Waals surface area contributed by atoms with E-state index in [0.717, 1.165) is 32.1 Å². The molecule has 9 atom stereocenters. The first-order valence-corrected chi connectivity index (χ1v) is 11.8. The summed E-state index contributed by atoms with van der Waals surface area (Å²) in [6, 6.07) is 0. The van der Waals surface area contributed by atoms with E-state index in [1.165, 1.54) is 0 Å². The number of rotatable bonds is 4. The molecule has 4 aliphatic carbocycles. The van der Waals surface area contributed by atoms with Crippen LogP contribution in [0.3, 0.4) is 0 Å². The van der Waals surface area contributed by atoms with Crippen molar-refractivity contribution in [1.29, 1.82) is 0 Å². The second-order valence-electron chi connectivity index (χ2n) is 11.5. The van der Waals surface area contributed by atoms with Crippen LogP contribution in [-0.2, 0) is 4.79 Å². The van der Waals surface area contributed by atoms with Gasteiger partial charge in [-0.2, -0.15) is 0 Å². The lowest BCUT2D eigenvalue weighted by atomic mass is 9.43. The highest BCUT2D eigenvalue weighted by Crippen LogP contribution is 2.70. The maximum Gasteiger partial charge on any atom is 0.303 e. The van der Waals surface area contributed by atoms with Crippen LogP contribution < -0.4 is 0 Å². The van der Waals surface area contributed by atoms with Crippen molar-refractivity contribution in [3.8, 4) is 0 Å². The molecule has 166 valence electrons. The molecule has 0 aromatic carbocycles. The minimum atomic E-state index is -2.69. The predicted octanol–water partition coefficient (Wildman–Crippen LogP) is 5.75. The number of carboxylic acid groups (broad SMARTS) is 1. The van der Waals surface area contributed by atoms with E-state index in [1.807, 2.05) is 0 Å². The summed E-state index contributed by atoms with van der Waals surface area (Å²) in [5.74, 6) is -2.61. The molecule has 4 fully saturated rings. The molecule has 0 spiro atoms. The van der Waals surface area contributed by atoms with Gasteiger partial charge in [-0.15, -0.1) is 0 Å². The molecule has 4 rings (SSSR count). The Bertz CT molecular complexity index is 652. The zero-order valence-electron chi connectivity index (χ0n) is 18.2. The van der Waals surface area contributed by atoms with Crippen LogP contribution in [0.15, 0.2) is 0 Å². The number of aliphatic carboxylic acids is 1. The maximum absolute atomic E-state index is 15.4. The number of fused-ring (bicyclic) bond motifs is 5. The predicted molar refractivity (Wildman–Crippen MR) is 108 cm³/mol. The Kier molecular flexibility index (Phi) is 5.32. The average molecular weight is 413 g/mol. The fourth-order valence-corrected chi connectivity index (χ4v) is 8.78. The van der Waals surface area contributed by atoms with Crippen LogP contribution in [0, 0.1) is 46.3 Å². The highest BCUT2D eigenvalue weighted by molar-refractivity contribution is 5.66. The minimum Gasteiger partial charge on any atom is -0.481 e. The Balaban J connectivity index is 1.59. The van der Waals surface area contributed by atoms with Gasteiger partial charge in [0.25, 0.3) is 5.92 Å². The number of carbonyl (C=O) groups is 1. The molecule has 0 bridgehead atoms. The van der Waals surface area contributed by atoms with Gasteiger partial charge in [0.1, 0.15) is 0 Å². The van der Waals surface area contributed by atoms with Crippen molar-refractivity contribution in [2.45, 2.75) is 97.0 Å². The number of hydrogen-bond donors (Lipinski definition) is 2. The highest BCUT2D eigenvalue weighted by atomic mass is 19.3. The van der Waals surface area contributed by atoms with E-state index in [-0.39, 0.29) is 36.0 Å². The van der Waals surface area contributed by atoms with Crippen LogP contribution >= 0.6 is 0 Å². The third kappa shape index (κ3) is 3.34. The first-order valence-electron chi connectivity index (χ1n) is 11.8. The first kappa shape index (κ1) is 21.5. The molecule has 29 heavy (non-hydrogen) atoms. The lowest BCUT2D eigenvalue weighted by Gasteiger charge is -2.62. The Morgan fingerprint density at radius 3 is 2.41 bits per heavy atom. The van der Waals surface area contributed by atoms with Gasteiger partial charge in [-0.3, -0.25) is 4.79 Å². The zero-order valence-corrected chi connectivity index (χ0v) is 18.2. The van der Waals surface area contributed by atoms with Crippen molar-refractivity contribution in [2.75, 3.05) is 0 Å². The normalized spacial score (nSPS) is 49.6. The lowest BCUT2D eigenvalue weighted by Crippen LogP contribution is -2.60. The summed E-state index contributed by atoms with van der Waals surface area (Å²) in [4.78, 5) is 11.0. The van der Waals surface area contributed by atoms with Crippen LogP contribution in [0.4, 0.5) is 8.78 Å². The molecular formula is C24H38F2O3. The van der Waals surface area contributed by atoms with Gasteiger partial charge < -0.3 is 10.2 Å². The van der Waals surface area contributed by atoms with Crippen LogP contribution in [0.5, 0.6) is 0 Å². The SMILES string of the molecule is C[C@H](CCC(=O)O)C1CC[C@H]2[C@@H]3CC(F)(F)[C@@H]4C[C@H](O)CC[C@]4(C)[C@H]3CC[C@]12C. The molecule has 0 radical (unpaired) electrons. The summed E-state index contributed by atoms with van der Waals surface area (Å²) in [5.41, 5.74) is -0.299. The van der Waals surface area contributed by atoms with Gasteiger partial charge in [0, 0.05) is 18.8 Å². The van der Waals surface area contributed by atoms with E-state index in [4.69, 9.17) is 5.11 Å². The third-order valence-corrected chi connectivity index (χ3v) is 10.2. The molecule has 0 aromatic heterocycles. The van der Waals surface area contributed by atoms with E-state index in [2.05, 4.69) is 20.8 Å². The van der Waals surface area contributed by atoms with Crippen molar-refractivity contribution < 1.29 is 23.8 Å². The second-order valence-corrected chi connectivity index (χ2v) is 11.5. The fourth-order valence-electron chi connectivity index (χ4n) is 8.78. The topological polar surface area (TPSA) is 57.5 Å². The Morgan fingerprint density at radius 1 is 1.07 bits per heavy atom. The number of alkyl halides is 2. The molecule has 2 N–H and O–H groups in total. The molecule has 0 heterocycles.